The van der Waals surface area contributed by atoms with Gasteiger partial charge in [0.1, 0.15) is 0 Å². The standard InChI is InChI=1S/C13H14FN/c14-8-3-9-15-13-7-6-11-4-1-2-5-12(11)10-13/h1-2,4-7,10,15H,3,8-9H2. The second-order valence-electron chi connectivity index (χ2n) is 3.53. The van der Waals surface area contributed by atoms with Gasteiger partial charge in [-0.05, 0) is 29.3 Å². The number of hydrogen-bond donors (Lipinski definition) is 1. The molecule has 0 aromatic heterocycles. The Kier molecular flexibility index (Phi) is 3.18. The van der Waals surface area contributed by atoms with Crippen LogP contribution in [0.25, 0.3) is 10.8 Å². The molecule has 0 aliphatic rings. The molecule has 2 aromatic carbocycles. The monoisotopic (exact) mass is 203 g/mol. The molecule has 2 heteroatoms. The summed E-state index contributed by atoms with van der Waals surface area (Å²) in [6.07, 6.45) is 0.562. The first-order valence-corrected chi connectivity index (χ1v) is 5.19. The van der Waals surface area contributed by atoms with Crippen LogP contribution in [0.2, 0.25) is 0 Å². The summed E-state index contributed by atoms with van der Waals surface area (Å²) in [6, 6.07) is 14.4. The number of alkyl halides is 1. The molecule has 0 aliphatic carbocycles. The molecule has 0 saturated heterocycles. The van der Waals surface area contributed by atoms with Crippen molar-refractivity contribution in [1.29, 1.82) is 0 Å². The van der Waals surface area contributed by atoms with Gasteiger partial charge in [-0.2, -0.15) is 0 Å². The van der Waals surface area contributed by atoms with Crippen LogP contribution in [0.4, 0.5) is 10.1 Å². The molecule has 15 heavy (non-hydrogen) atoms. The van der Waals surface area contributed by atoms with Gasteiger partial charge in [-0.3, -0.25) is 4.39 Å². The minimum atomic E-state index is -0.263. The van der Waals surface area contributed by atoms with Crippen molar-refractivity contribution in [2.45, 2.75) is 6.42 Å². The van der Waals surface area contributed by atoms with E-state index < -0.39 is 0 Å². The van der Waals surface area contributed by atoms with Crippen LogP contribution in [0.1, 0.15) is 6.42 Å². The highest BCUT2D eigenvalue weighted by molar-refractivity contribution is 5.85. The third-order valence-electron chi connectivity index (χ3n) is 2.39. The molecule has 0 fully saturated rings. The first-order valence-electron chi connectivity index (χ1n) is 5.19. The van der Waals surface area contributed by atoms with Gasteiger partial charge in [0.25, 0.3) is 0 Å². The van der Waals surface area contributed by atoms with E-state index in [1.54, 1.807) is 0 Å². The Balaban J connectivity index is 2.16. The molecule has 0 atom stereocenters. The van der Waals surface area contributed by atoms with Gasteiger partial charge in [-0.1, -0.05) is 30.3 Å². The predicted octanol–water partition coefficient (Wildman–Crippen LogP) is 3.61. The zero-order valence-corrected chi connectivity index (χ0v) is 8.54. The second kappa shape index (κ2) is 4.78. The SMILES string of the molecule is FCCCNc1ccc2ccccc2c1. The topological polar surface area (TPSA) is 12.0 Å². The predicted molar refractivity (Wildman–Crippen MR) is 63.0 cm³/mol. The van der Waals surface area contributed by atoms with Crippen LogP contribution in [0.5, 0.6) is 0 Å². The number of benzene rings is 2. The second-order valence-corrected chi connectivity index (χ2v) is 3.53. The van der Waals surface area contributed by atoms with Crippen LogP contribution in [0.15, 0.2) is 42.5 Å². The Bertz CT molecular complexity index is 439. The molecular weight excluding hydrogens is 189 g/mol. The fraction of sp³-hybridized carbons (Fsp3) is 0.231. The van der Waals surface area contributed by atoms with Gasteiger partial charge in [0.05, 0.1) is 6.67 Å². The van der Waals surface area contributed by atoms with E-state index in [0.29, 0.717) is 13.0 Å². The van der Waals surface area contributed by atoms with Gasteiger partial charge in [0.15, 0.2) is 0 Å². The van der Waals surface area contributed by atoms with Crippen LogP contribution in [0.3, 0.4) is 0 Å². The number of rotatable bonds is 4. The Morgan fingerprint density at radius 3 is 2.60 bits per heavy atom. The molecular formula is C13H14FN. The largest absolute Gasteiger partial charge is 0.385 e. The highest BCUT2D eigenvalue weighted by atomic mass is 19.1. The Morgan fingerprint density at radius 2 is 1.80 bits per heavy atom. The average molecular weight is 203 g/mol. The average Bonchev–Trinajstić information content (AvgIpc) is 2.29. The Morgan fingerprint density at radius 1 is 1.00 bits per heavy atom. The van der Waals surface area contributed by atoms with Crippen LogP contribution in [0, 0.1) is 0 Å². The van der Waals surface area contributed by atoms with Crippen LogP contribution >= 0.6 is 0 Å². The summed E-state index contributed by atoms with van der Waals surface area (Å²) in [5, 5.41) is 5.64. The van der Waals surface area contributed by atoms with Crippen molar-refractivity contribution in [1.82, 2.24) is 0 Å². The smallest absolute Gasteiger partial charge is 0.0911 e. The zero-order chi connectivity index (χ0) is 10.5. The van der Waals surface area contributed by atoms with Crippen molar-refractivity contribution in [3.8, 4) is 0 Å². The van der Waals surface area contributed by atoms with E-state index in [9.17, 15) is 4.39 Å². The first-order chi connectivity index (χ1) is 7.40. The summed E-state index contributed by atoms with van der Waals surface area (Å²) in [6.45, 7) is 0.426. The van der Waals surface area contributed by atoms with Gasteiger partial charge in [0.2, 0.25) is 0 Å². The van der Waals surface area contributed by atoms with E-state index in [4.69, 9.17) is 0 Å². The van der Waals surface area contributed by atoms with Gasteiger partial charge < -0.3 is 5.32 Å². The number of hydrogen-bond acceptors (Lipinski definition) is 1. The third kappa shape index (κ3) is 2.46. The summed E-state index contributed by atoms with van der Waals surface area (Å²) in [5.41, 5.74) is 1.06. The van der Waals surface area contributed by atoms with Crippen molar-refractivity contribution in [2.24, 2.45) is 0 Å². The molecule has 1 nitrogen and oxygen atoms in total. The zero-order valence-electron chi connectivity index (χ0n) is 8.54. The quantitative estimate of drug-likeness (QED) is 0.748. The van der Waals surface area contributed by atoms with Gasteiger partial charge in [0, 0.05) is 12.2 Å². The summed E-state index contributed by atoms with van der Waals surface area (Å²) in [5.74, 6) is 0. The van der Waals surface area contributed by atoms with E-state index >= 15 is 0 Å². The maximum atomic E-state index is 11.9. The lowest BCUT2D eigenvalue weighted by molar-refractivity contribution is 0.481. The number of anilines is 1. The Labute approximate surface area is 88.9 Å². The minimum Gasteiger partial charge on any atom is -0.385 e. The molecule has 0 saturated carbocycles. The molecule has 0 bridgehead atoms. The molecule has 2 rings (SSSR count). The highest BCUT2D eigenvalue weighted by Gasteiger charge is 1.94. The van der Waals surface area contributed by atoms with Crippen LogP contribution in [-0.2, 0) is 0 Å². The van der Waals surface area contributed by atoms with Crippen molar-refractivity contribution < 1.29 is 4.39 Å². The summed E-state index contributed by atoms with van der Waals surface area (Å²) < 4.78 is 11.9. The van der Waals surface area contributed by atoms with Crippen molar-refractivity contribution >= 4 is 16.5 Å². The maximum Gasteiger partial charge on any atom is 0.0911 e. The van der Waals surface area contributed by atoms with Crippen molar-refractivity contribution in [3.63, 3.8) is 0 Å². The molecule has 78 valence electrons. The number of nitrogens with one attached hydrogen (secondary N) is 1. The minimum absolute atomic E-state index is 0.263. The van der Waals surface area contributed by atoms with Crippen LogP contribution < -0.4 is 5.32 Å². The normalized spacial score (nSPS) is 10.5. The van der Waals surface area contributed by atoms with E-state index in [1.807, 2.05) is 18.2 Å². The van der Waals surface area contributed by atoms with Crippen LogP contribution in [-0.4, -0.2) is 13.2 Å². The van der Waals surface area contributed by atoms with Crippen molar-refractivity contribution in [2.75, 3.05) is 18.5 Å². The lowest BCUT2D eigenvalue weighted by atomic mass is 10.1. The number of fused-ring (bicyclic) bond motifs is 1. The molecule has 0 heterocycles. The summed E-state index contributed by atoms with van der Waals surface area (Å²) >= 11 is 0. The lowest BCUT2D eigenvalue weighted by Gasteiger charge is -2.06. The van der Waals surface area contributed by atoms with E-state index in [2.05, 4.69) is 29.6 Å². The summed E-state index contributed by atoms with van der Waals surface area (Å²) in [7, 11) is 0. The fourth-order valence-electron chi connectivity index (χ4n) is 1.60. The molecule has 0 aliphatic heterocycles. The molecule has 0 amide bonds. The lowest BCUT2D eigenvalue weighted by Crippen LogP contribution is -2.01. The van der Waals surface area contributed by atoms with Gasteiger partial charge in [-0.15, -0.1) is 0 Å². The molecule has 0 spiro atoms. The van der Waals surface area contributed by atoms with Gasteiger partial charge >= 0.3 is 0 Å². The maximum absolute atomic E-state index is 11.9. The molecule has 0 unspecified atom stereocenters. The van der Waals surface area contributed by atoms with Crippen molar-refractivity contribution in [3.05, 3.63) is 42.5 Å². The van der Waals surface area contributed by atoms with E-state index in [0.717, 1.165) is 5.69 Å². The fourth-order valence-corrected chi connectivity index (χ4v) is 1.60. The van der Waals surface area contributed by atoms with E-state index in [1.165, 1.54) is 10.8 Å². The highest BCUT2D eigenvalue weighted by Crippen LogP contribution is 2.18. The summed E-state index contributed by atoms with van der Waals surface area (Å²) in [4.78, 5) is 0. The van der Waals surface area contributed by atoms with Gasteiger partial charge in [-0.25, -0.2) is 0 Å². The molecule has 2 aromatic rings. The van der Waals surface area contributed by atoms with E-state index in [-0.39, 0.29) is 6.67 Å². The molecule has 0 radical (unpaired) electrons. The number of halogens is 1. The first kappa shape index (κ1) is 9.97. The third-order valence-corrected chi connectivity index (χ3v) is 2.39. The Hall–Kier alpha value is -1.57. The molecule has 1 N–H and O–H groups in total.